The van der Waals surface area contributed by atoms with Crippen LogP contribution in [0.1, 0.15) is 30.9 Å². The number of piperidine rings is 1. The van der Waals surface area contributed by atoms with Gasteiger partial charge in [-0.2, -0.15) is 5.10 Å². The number of rotatable bonds is 5. The van der Waals surface area contributed by atoms with Crippen molar-refractivity contribution in [1.82, 2.24) is 24.9 Å². The van der Waals surface area contributed by atoms with Gasteiger partial charge < -0.3 is 15.4 Å². The first-order chi connectivity index (χ1) is 14.1. The minimum Gasteiger partial charge on any atom is -0.495 e. The molecule has 3 aromatic heterocycles. The largest absolute Gasteiger partial charge is 0.495 e. The van der Waals surface area contributed by atoms with Crippen molar-refractivity contribution in [1.29, 1.82) is 0 Å². The van der Waals surface area contributed by atoms with Crippen LogP contribution in [0.5, 0.6) is 5.75 Å². The van der Waals surface area contributed by atoms with E-state index in [0.717, 1.165) is 18.5 Å². The van der Waals surface area contributed by atoms with Crippen LogP contribution in [-0.2, 0) is 0 Å². The van der Waals surface area contributed by atoms with E-state index in [4.69, 9.17) is 4.74 Å². The molecule has 5 rings (SSSR count). The molecule has 7 nitrogen and oxygen atoms in total. The Hall–Kier alpha value is -2.81. The highest BCUT2D eigenvalue weighted by molar-refractivity contribution is 5.63. The number of hydrogen-bond acceptors (Lipinski definition) is 6. The number of nitrogens with zero attached hydrogens (tertiary/aromatic N) is 4. The van der Waals surface area contributed by atoms with E-state index in [0.29, 0.717) is 48.3 Å². The molecule has 2 aliphatic rings. The van der Waals surface area contributed by atoms with Crippen LogP contribution in [0.4, 0.5) is 14.6 Å². The van der Waals surface area contributed by atoms with Crippen molar-refractivity contribution in [2.45, 2.75) is 37.4 Å². The van der Waals surface area contributed by atoms with E-state index >= 15 is 0 Å². The molecule has 3 aromatic rings. The number of imidazole rings is 1. The Morgan fingerprint density at radius 1 is 1.28 bits per heavy atom. The van der Waals surface area contributed by atoms with E-state index in [-0.39, 0.29) is 5.69 Å². The molecule has 0 radical (unpaired) electrons. The normalized spacial score (nSPS) is 22.0. The van der Waals surface area contributed by atoms with E-state index < -0.39 is 18.0 Å². The van der Waals surface area contributed by atoms with Gasteiger partial charge in [-0.05, 0) is 37.9 Å². The molecule has 1 saturated heterocycles. The molecule has 4 heterocycles. The van der Waals surface area contributed by atoms with Crippen LogP contribution in [0, 0.1) is 5.82 Å². The highest BCUT2D eigenvalue weighted by Crippen LogP contribution is 2.43. The summed E-state index contributed by atoms with van der Waals surface area (Å²) in [5.74, 6) is 0.987. The third kappa shape index (κ3) is 3.39. The standard InChI is InChI=1S/C20H22F2N6O/c1-29-16-8-18-24-10-15(28(18)27-19(16)11-2-3-11)20-13(22)4-5-17(26-20)25-14-9-23-7-6-12(14)21/h4-5,8,10-12,14,23H,2-3,6-7,9H2,1H3,(H,25,26)/t12-,14-/m0/s1. The summed E-state index contributed by atoms with van der Waals surface area (Å²) in [6, 6.07) is 4.26. The van der Waals surface area contributed by atoms with E-state index in [1.54, 1.807) is 17.8 Å². The van der Waals surface area contributed by atoms with Gasteiger partial charge in [0, 0.05) is 18.5 Å². The van der Waals surface area contributed by atoms with Crippen LogP contribution in [0.3, 0.4) is 0 Å². The summed E-state index contributed by atoms with van der Waals surface area (Å²) >= 11 is 0. The molecule has 0 aromatic carbocycles. The third-order valence-electron chi connectivity index (χ3n) is 5.49. The van der Waals surface area contributed by atoms with Crippen LogP contribution in [0.15, 0.2) is 24.4 Å². The van der Waals surface area contributed by atoms with Crippen molar-refractivity contribution in [2.24, 2.45) is 0 Å². The van der Waals surface area contributed by atoms with E-state index in [9.17, 15) is 8.78 Å². The van der Waals surface area contributed by atoms with Crippen LogP contribution in [0.25, 0.3) is 17.0 Å². The molecular weight excluding hydrogens is 378 g/mol. The molecule has 0 unspecified atom stereocenters. The first-order valence-electron chi connectivity index (χ1n) is 9.85. The molecule has 0 amide bonds. The number of methoxy groups -OCH3 is 1. The Balaban J connectivity index is 1.53. The van der Waals surface area contributed by atoms with Gasteiger partial charge in [0.2, 0.25) is 0 Å². The van der Waals surface area contributed by atoms with Crippen molar-refractivity contribution in [3.05, 3.63) is 35.9 Å². The maximum absolute atomic E-state index is 14.7. The van der Waals surface area contributed by atoms with Gasteiger partial charge in [-0.1, -0.05) is 0 Å². The predicted octanol–water partition coefficient (Wildman–Crippen LogP) is 2.93. The minimum absolute atomic E-state index is 0.126. The van der Waals surface area contributed by atoms with Gasteiger partial charge in [-0.25, -0.2) is 23.3 Å². The van der Waals surface area contributed by atoms with Gasteiger partial charge >= 0.3 is 0 Å². The molecule has 1 aliphatic heterocycles. The smallest absolute Gasteiger partial charge is 0.157 e. The van der Waals surface area contributed by atoms with Gasteiger partial charge in [-0.3, -0.25) is 0 Å². The summed E-state index contributed by atoms with van der Waals surface area (Å²) in [7, 11) is 1.61. The van der Waals surface area contributed by atoms with E-state index in [1.807, 2.05) is 6.07 Å². The summed E-state index contributed by atoms with van der Waals surface area (Å²) in [5.41, 5.74) is 1.98. The lowest BCUT2D eigenvalue weighted by atomic mass is 10.1. The van der Waals surface area contributed by atoms with Crippen molar-refractivity contribution >= 4 is 11.5 Å². The van der Waals surface area contributed by atoms with Crippen LogP contribution in [-0.4, -0.2) is 52.0 Å². The maximum atomic E-state index is 14.7. The molecular formula is C20H22F2N6O. The number of halogens is 2. The molecule has 1 saturated carbocycles. The first-order valence-corrected chi connectivity index (χ1v) is 9.85. The number of aromatic nitrogens is 4. The Morgan fingerprint density at radius 3 is 2.90 bits per heavy atom. The molecule has 0 bridgehead atoms. The SMILES string of the molecule is COc1cc2ncc(-c3nc(N[C@H]4CNCC[C@@H]4F)ccc3F)n2nc1C1CC1. The number of nitrogens with one attached hydrogen (secondary N) is 2. The lowest BCUT2D eigenvalue weighted by Gasteiger charge is -2.28. The zero-order chi connectivity index (χ0) is 20.0. The second-order valence-electron chi connectivity index (χ2n) is 7.57. The molecule has 9 heteroatoms. The zero-order valence-corrected chi connectivity index (χ0v) is 16.0. The quantitative estimate of drug-likeness (QED) is 0.686. The van der Waals surface area contributed by atoms with Gasteiger partial charge in [0.1, 0.15) is 34.8 Å². The summed E-state index contributed by atoms with van der Waals surface area (Å²) in [5, 5.41) is 10.9. The van der Waals surface area contributed by atoms with Crippen molar-refractivity contribution in [2.75, 3.05) is 25.5 Å². The molecule has 29 heavy (non-hydrogen) atoms. The summed E-state index contributed by atoms with van der Waals surface area (Å²) in [6.45, 7) is 1.15. The summed E-state index contributed by atoms with van der Waals surface area (Å²) in [6.07, 6.45) is 3.13. The fourth-order valence-corrected chi connectivity index (χ4v) is 3.74. The maximum Gasteiger partial charge on any atom is 0.157 e. The number of anilines is 1. The van der Waals surface area contributed by atoms with Gasteiger partial charge in [0.25, 0.3) is 0 Å². The Bertz CT molecular complexity index is 1050. The number of fused-ring (bicyclic) bond motifs is 1. The fraction of sp³-hybridized carbons (Fsp3) is 0.450. The molecule has 0 spiro atoms. The topological polar surface area (TPSA) is 76.4 Å². The average molecular weight is 400 g/mol. The number of pyridine rings is 1. The van der Waals surface area contributed by atoms with E-state index in [2.05, 4.69) is 25.7 Å². The fourth-order valence-electron chi connectivity index (χ4n) is 3.74. The summed E-state index contributed by atoms with van der Waals surface area (Å²) < 4.78 is 35.9. The van der Waals surface area contributed by atoms with Gasteiger partial charge in [0.05, 0.1) is 19.3 Å². The third-order valence-corrected chi connectivity index (χ3v) is 5.49. The molecule has 2 N–H and O–H groups in total. The predicted molar refractivity (Wildman–Crippen MR) is 104 cm³/mol. The van der Waals surface area contributed by atoms with Crippen molar-refractivity contribution in [3.8, 4) is 17.1 Å². The van der Waals surface area contributed by atoms with Crippen LogP contribution < -0.4 is 15.4 Å². The van der Waals surface area contributed by atoms with Crippen molar-refractivity contribution < 1.29 is 13.5 Å². The average Bonchev–Trinajstić information content (AvgIpc) is 3.50. The number of ether oxygens (including phenoxy) is 1. The number of hydrogen-bond donors (Lipinski definition) is 2. The van der Waals surface area contributed by atoms with Crippen molar-refractivity contribution in [3.63, 3.8) is 0 Å². The molecule has 152 valence electrons. The van der Waals surface area contributed by atoms with Gasteiger partial charge in [0.15, 0.2) is 11.5 Å². The second-order valence-corrected chi connectivity index (χ2v) is 7.57. The highest BCUT2D eigenvalue weighted by atomic mass is 19.1. The lowest BCUT2D eigenvalue weighted by molar-refractivity contribution is 0.241. The Kier molecular flexibility index (Phi) is 4.54. The molecule has 2 atom stereocenters. The Morgan fingerprint density at radius 2 is 2.14 bits per heavy atom. The zero-order valence-electron chi connectivity index (χ0n) is 16.0. The highest BCUT2D eigenvalue weighted by Gasteiger charge is 2.30. The van der Waals surface area contributed by atoms with E-state index in [1.165, 1.54) is 12.1 Å². The number of alkyl halides is 1. The van der Waals surface area contributed by atoms with Crippen LogP contribution >= 0.6 is 0 Å². The van der Waals surface area contributed by atoms with Gasteiger partial charge in [-0.15, -0.1) is 0 Å². The monoisotopic (exact) mass is 400 g/mol. The first kappa shape index (κ1) is 18.2. The lowest BCUT2D eigenvalue weighted by Crippen LogP contribution is -2.46. The molecule has 2 fully saturated rings. The minimum atomic E-state index is -0.974. The summed E-state index contributed by atoms with van der Waals surface area (Å²) in [4.78, 5) is 8.76. The Labute approximate surface area is 166 Å². The second kappa shape index (κ2) is 7.22. The molecule has 1 aliphatic carbocycles. The van der Waals surface area contributed by atoms with Crippen LogP contribution in [0.2, 0.25) is 0 Å².